The molecule has 12 heteroatoms. The van der Waals surface area contributed by atoms with E-state index in [0.29, 0.717) is 51.7 Å². The summed E-state index contributed by atoms with van der Waals surface area (Å²) in [5.41, 5.74) is 9.38. The number of Topliss-reactive ketones (excluding diaryl/α,β-unsaturated/α-hetero) is 1. The van der Waals surface area contributed by atoms with Gasteiger partial charge in [0.2, 0.25) is 11.0 Å². The number of anilines is 2. The Kier molecular flexibility index (Phi) is 8.75. The predicted molar refractivity (Wildman–Crippen MR) is 167 cm³/mol. The van der Waals surface area contributed by atoms with Crippen molar-refractivity contribution in [2.75, 3.05) is 29.7 Å². The fourth-order valence-electron chi connectivity index (χ4n) is 5.36. The van der Waals surface area contributed by atoms with Crippen molar-refractivity contribution in [1.29, 1.82) is 5.26 Å². The fourth-order valence-corrected chi connectivity index (χ4v) is 7.04. The van der Waals surface area contributed by atoms with Crippen LogP contribution in [0.5, 0.6) is 11.5 Å². The third-order valence-corrected chi connectivity index (χ3v) is 9.21. The molecule has 1 amide bonds. The minimum absolute atomic E-state index is 0.0243. The zero-order valence-electron chi connectivity index (χ0n) is 24.3. The van der Waals surface area contributed by atoms with Crippen molar-refractivity contribution in [3.05, 3.63) is 76.8 Å². The van der Waals surface area contributed by atoms with Crippen LogP contribution in [0.4, 0.5) is 10.8 Å². The number of amides is 1. The summed E-state index contributed by atoms with van der Waals surface area (Å²) in [6, 6.07) is 16.8. The number of aromatic nitrogens is 2. The summed E-state index contributed by atoms with van der Waals surface area (Å²) in [5, 5.41) is 22.3. The molecule has 2 aliphatic rings. The first-order chi connectivity index (χ1) is 20.6. The van der Waals surface area contributed by atoms with E-state index < -0.39 is 5.92 Å². The molecule has 222 valence electrons. The van der Waals surface area contributed by atoms with Gasteiger partial charge < -0.3 is 20.5 Å². The van der Waals surface area contributed by atoms with Gasteiger partial charge in [0.25, 0.3) is 0 Å². The first-order valence-electron chi connectivity index (χ1n) is 13.7. The maximum atomic E-state index is 13.7. The molecular weight excluding hydrogens is 585 g/mol. The maximum Gasteiger partial charge on any atom is 0.234 e. The van der Waals surface area contributed by atoms with E-state index in [4.69, 9.17) is 15.2 Å². The third kappa shape index (κ3) is 6.38. The molecule has 2 aromatic carbocycles. The number of hydrogen-bond donors (Lipinski definition) is 2. The molecule has 0 fully saturated rings. The second-order valence-corrected chi connectivity index (χ2v) is 13.1. The zero-order valence-corrected chi connectivity index (χ0v) is 26.0. The summed E-state index contributed by atoms with van der Waals surface area (Å²) in [6.07, 6.45) is 0.914. The Morgan fingerprint density at radius 1 is 1.21 bits per heavy atom. The highest BCUT2D eigenvalue weighted by Gasteiger charge is 2.45. The van der Waals surface area contributed by atoms with Crippen LogP contribution in [0.25, 0.3) is 0 Å². The number of hydrogen-bond acceptors (Lipinski definition) is 11. The molecule has 43 heavy (non-hydrogen) atoms. The van der Waals surface area contributed by atoms with Gasteiger partial charge in [-0.1, -0.05) is 55.1 Å². The summed E-state index contributed by atoms with van der Waals surface area (Å²) in [6.45, 7) is 6.53. The summed E-state index contributed by atoms with van der Waals surface area (Å²) in [5.74, 6) is 0.851. The van der Waals surface area contributed by atoms with Gasteiger partial charge in [0.05, 0.1) is 37.0 Å². The number of allylic oxidation sites excluding steroid dienone is 3. The Labute approximate surface area is 258 Å². The summed E-state index contributed by atoms with van der Waals surface area (Å²) < 4.78 is 11.4. The number of ketones is 1. The van der Waals surface area contributed by atoms with Crippen LogP contribution in [0.1, 0.15) is 45.1 Å². The highest BCUT2D eigenvalue weighted by Crippen LogP contribution is 2.50. The van der Waals surface area contributed by atoms with Gasteiger partial charge in [0.15, 0.2) is 10.1 Å². The van der Waals surface area contributed by atoms with E-state index in [9.17, 15) is 14.9 Å². The van der Waals surface area contributed by atoms with E-state index in [1.807, 2.05) is 45.0 Å². The molecule has 1 unspecified atom stereocenters. The number of methoxy groups -OCH3 is 1. The van der Waals surface area contributed by atoms with Crippen LogP contribution in [0.15, 0.2) is 75.5 Å². The summed E-state index contributed by atoms with van der Waals surface area (Å²) in [7, 11) is 1.57. The van der Waals surface area contributed by atoms with E-state index in [-0.39, 0.29) is 34.3 Å². The van der Waals surface area contributed by atoms with Gasteiger partial charge in [-0.05, 0) is 48.6 Å². The number of carbonyl (C=O) groups excluding carboxylic acids is 2. The van der Waals surface area contributed by atoms with Crippen molar-refractivity contribution in [3.8, 4) is 17.6 Å². The van der Waals surface area contributed by atoms with Gasteiger partial charge in [-0.3, -0.25) is 14.5 Å². The lowest BCUT2D eigenvalue weighted by molar-refractivity contribution is -0.118. The minimum Gasteiger partial charge on any atom is -0.497 e. The Bertz CT molecular complexity index is 1650. The quantitative estimate of drug-likeness (QED) is 0.291. The summed E-state index contributed by atoms with van der Waals surface area (Å²) >= 11 is 2.49. The normalized spacial score (nSPS) is 17.8. The molecule has 1 aliphatic heterocycles. The Hall–Kier alpha value is -4.34. The van der Waals surface area contributed by atoms with Gasteiger partial charge >= 0.3 is 0 Å². The first-order valence-corrected chi connectivity index (χ1v) is 15.5. The SMILES string of the molecule is CCOc1ccc(C2C(C#N)=C(N)N(c3nnc(SCC(=O)Nc4cccc(OC)c4)s3)C3=C2C(=O)CC(C)(C)C3)cc1. The Balaban J connectivity index is 1.44. The zero-order chi connectivity index (χ0) is 30.7. The van der Waals surface area contributed by atoms with Crippen LogP contribution < -0.4 is 25.4 Å². The van der Waals surface area contributed by atoms with E-state index in [2.05, 4.69) is 21.6 Å². The maximum absolute atomic E-state index is 13.7. The number of nitrogens with two attached hydrogens (primary N) is 1. The van der Waals surface area contributed by atoms with Crippen molar-refractivity contribution < 1.29 is 19.1 Å². The second kappa shape index (κ2) is 12.5. The number of carbonyl (C=O) groups is 2. The van der Waals surface area contributed by atoms with Crippen molar-refractivity contribution in [2.24, 2.45) is 11.1 Å². The van der Waals surface area contributed by atoms with Crippen LogP contribution in [0.3, 0.4) is 0 Å². The van der Waals surface area contributed by atoms with Crippen molar-refractivity contribution in [3.63, 3.8) is 0 Å². The molecule has 10 nitrogen and oxygen atoms in total. The molecule has 0 spiro atoms. The van der Waals surface area contributed by atoms with Crippen LogP contribution >= 0.6 is 23.1 Å². The van der Waals surface area contributed by atoms with Gasteiger partial charge in [-0.15, -0.1) is 10.2 Å². The third-order valence-electron chi connectivity index (χ3n) is 7.17. The Morgan fingerprint density at radius 3 is 2.67 bits per heavy atom. The lowest BCUT2D eigenvalue weighted by atomic mass is 9.68. The number of ether oxygens (including phenoxy) is 2. The van der Waals surface area contributed by atoms with Gasteiger partial charge in [0, 0.05) is 29.4 Å². The molecule has 3 aromatic rings. The molecule has 1 aromatic heterocycles. The Morgan fingerprint density at radius 2 is 1.98 bits per heavy atom. The molecule has 0 saturated heterocycles. The van der Waals surface area contributed by atoms with Gasteiger partial charge in [-0.2, -0.15) is 5.26 Å². The minimum atomic E-state index is -0.599. The van der Waals surface area contributed by atoms with Crippen LogP contribution in [0.2, 0.25) is 0 Å². The van der Waals surface area contributed by atoms with Crippen molar-refractivity contribution >= 4 is 45.6 Å². The standard InChI is InChI=1S/C31H32N6O4S2/c1-5-41-20-11-9-18(10-12-20)26-22(16-32)28(33)37(23-14-31(2,3)15-24(38)27(23)26)29-35-36-30(43-29)42-17-25(39)34-19-7-6-8-21(13-19)40-4/h6-13,26H,5,14-15,17,33H2,1-4H3,(H,34,39). The molecule has 5 rings (SSSR count). The molecular formula is C31H32N6O4S2. The van der Waals surface area contributed by atoms with E-state index in [0.717, 1.165) is 11.3 Å². The highest BCUT2D eigenvalue weighted by atomic mass is 32.2. The van der Waals surface area contributed by atoms with Gasteiger partial charge in [0.1, 0.15) is 17.3 Å². The number of nitrogens with one attached hydrogen (secondary N) is 1. The number of benzene rings is 2. The average Bonchev–Trinajstić information content (AvgIpc) is 3.44. The van der Waals surface area contributed by atoms with E-state index in [1.165, 1.54) is 23.1 Å². The topological polar surface area (TPSA) is 143 Å². The van der Waals surface area contributed by atoms with Crippen molar-refractivity contribution in [2.45, 2.75) is 43.9 Å². The van der Waals surface area contributed by atoms with Crippen LogP contribution in [0, 0.1) is 16.7 Å². The average molecular weight is 617 g/mol. The second-order valence-electron chi connectivity index (χ2n) is 10.9. The van der Waals surface area contributed by atoms with E-state index >= 15 is 0 Å². The number of thioether (sulfide) groups is 1. The number of nitriles is 1. The van der Waals surface area contributed by atoms with Crippen molar-refractivity contribution in [1.82, 2.24) is 10.2 Å². The smallest absolute Gasteiger partial charge is 0.234 e. The monoisotopic (exact) mass is 616 g/mol. The molecule has 1 aliphatic carbocycles. The molecule has 1 atom stereocenters. The fraction of sp³-hybridized carbons (Fsp3) is 0.323. The highest BCUT2D eigenvalue weighted by molar-refractivity contribution is 8.01. The lowest BCUT2D eigenvalue weighted by Crippen LogP contribution is -2.42. The van der Waals surface area contributed by atoms with E-state index in [1.54, 1.807) is 36.3 Å². The predicted octanol–water partition coefficient (Wildman–Crippen LogP) is 5.62. The molecule has 3 N–H and O–H groups in total. The van der Waals surface area contributed by atoms with Crippen LogP contribution in [-0.2, 0) is 9.59 Å². The lowest BCUT2D eigenvalue weighted by Gasteiger charge is -2.42. The molecule has 0 saturated carbocycles. The molecule has 0 radical (unpaired) electrons. The summed E-state index contributed by atoms with van der Waals surface area (Å²) in [4.78, 5) is 28.1. The molecule has 0 bridgehead atoms. The molecule has 2 heterocycles. The first kappa shape index (κ1) is 30.1. The van der Waals surface area contributed by atoms with Crippen LogP contribution in [-0.4, -0.2) is 41.4 Å². The largest absolute Gasteiger partial charge is 0.497 e. The number of nitrogens with zero attached hydrogens (tertiary/aromatic N) is 4. The van der Waals surface area contributed by atoms with Gasteiger partial charge in [-0.25, -0.2) is 0 Å². The number of rotatable bonds is 9.